The van der Waals surface area contributed by atoms with Crippen LogP contribution in [0, 0.1) is 0 Å². The molecule has 3 unspecified atom stereocenters. The van der Waals surface area contributed by atoms with Gasteiger partial charge in [0.05, 0.1) is 36.7 Å². The molecule has 24 heavy (non-hydrogen) atoms. The van der Waals surface area contributed by atoms with Gasteiger partial charge in [-0.15, -0.1) is 0 Å². The number of aliphatic hydroxyl groups excluding tert-OH is 1. The molecule has 0 radical (unpaired) electrons. The molecule has 2 aliphatic heterocycles. The maximum atomic E-state index is 12.3. The molecule has 0 amide bonds. The van der Waals surface area contributed by atoms with E-state index in [1.165, 1.54) is 7.11 Å². The summed E-state index contributed by atoms with van der Waals surface area (Å²) in [6, 6.07) is 1.70. The lowest BCUT2D eigenvalue weighted by atomic mass is 9.92. The zero-order valence-electron chi connectivity index (χ0n) is 12.8. The van der Waals surface area contributed by atoms with Crippen LogP contribution in [0.15, 0.2) is 15.3 Å². The molecular weight excluding hydrogens is 316 g/mol. The Bertz CT molecular complexity index is 958. The van der Waals surface area contributed by atoms with Gasteiger partial charge in [0, 0.05) is 12.5 Å². The zero-order valence-corrected chi connectivity index (χ0v) is 12.8. The Morgan fingerprint density at radius 3 is 2.92 bits per heavy atom. The molecule has 124 valence electrons. The molecule has 0 bridgehead atoms. The van der Waals surface area contributed by atoms with Gasteiger partial charge in [0.25, 0.3) is 0 Å². The van der Waals surface area contributed by atoms with Gasteiger partial charge in [-0.3, -0.25) is 4.79 Å². The van der Waals surface area contributed by atoms with Crippen LogP contribution in [0.2, 0.25) is 0 Å². The minimum absolute atomic E-state index is 0.111. The van der Waals surface area contributed by atoms with Crippen molar-refractivity contribution in [3.63, 3.8) is 0 Å². The highest BCUT2D eigenvalue weighted by molar-refractivity contribution is 6.06. The number of rotatable bonds is 1. The number of Topliss-reactive ketones (excluding diaryl/α,β-unsaturated/α-hetero) is 1. The molecule has 1 aromatic heterocycles. The van der Waals surface area contributed by atoms with E-state index in [0.29, 0.717) is 40.0 Å². The Labute approximate surface area is 135 Å². The van der Waals surface area contributed by atoms with Gasteiger partial charge >= 0.3 is 5.63 Å². The van der Waals surface area contributed by atoms with Crippen molar-refractivity contribution in [1.29, 1.82) is 0 Å². The molecule has 2 aromatic rings. The van der Waals surface area contributed by atoms with Crippen molar-refractivity contribution in [3.8, 4) is 11.5 Å². The molecule has 1 saturated heterocycles. The molecule has 3 aliphatic rings. The van der Waals surface area contributed by atoms with Crippen molar-refractivity contribution in [1.82, 2.24) is 0 Å². The lowest BCUT2D eigenvalue weighted by molar-refractivity contribution is -0.0348. The van der Waals surface area contributed by atoms with Crippen molar-refractivity contribution < 1.29 is 28.5 Å². The molecule has 7 heteroatoms. The molecule has 0 saturated carbocycles. The first-order chi connectivity index (χ1) is 11.6. The van der Waals surface area contributed by atoms with E-state index in [2.05, 4.69) is 0 Å². The van der Waals surface area contributed by atoms with Crippen LogP contribution in [0.3, 0.4) is 0 Å². The first kappa shape index (κ1) is 14.0. The quantitative estimate of drug-likeness (QED) is 0.783. The predicted octanol–water partition coefficient (Wildman–Crippen LogP) is 1.12. The van der Waals surface area contributed by atoms with Crippen LogP contribution in [-0.4, -0.2) is 37.0 Å². The van der Waals surface area contributed by atoms with Crippen LogP contribution in [0.1, 0.15) is 33.8 Å². The van der Waals surface area contributed by atoms with Gasteiger partial charge in [0.15, 0.2) is 5.78 Å². The summed E-state index contributed by atoms with van der Waals surface area (Å²) in [7, 11) is 1.51. The SMILES string of the molecule is COc1cc2c(c3oc(=O)c4c(c13)CCC4=O)C1C(O)COC1O2. The number of aliphatic hydroxyl groups is 1. The number of ether oxygens (including phenoxy) is 3. The number of aryl methyl sites for hydroxylation is 1. The number of benzene rings is 1. The Kier molecular flexibility index (Phi) is 2.67. The fraction of sp³-hybridized carbons (Fsp3) is 0.412. The molecule has 1 fully saturated rings. The van der Waals surface area contributed by atoms with Crippen LogP contribution in [-0.2, 0) is 11.2 Å². The Balaban J connectivity index is 1.91. The monoisotopic (exact) mass is 330 g/mol. The fourth-order valence-electron chi connectivity index (χ4n) is 4.02. The molecule has 1 N–H and O–H groups in total. The average Bonchev–Trinajstić information content (AvgIpc) is 3.22. The number of fused-ring (bicyclic) bond motifs is 7. The summed E-state index contributed by atoms with van der Waals surface area (Å²) < 4.78 is 22.1. The third-order valence-corrected chi connectivity index (χ3v) is 5.06. The van der Waals surface area contributed by atoms with E-state index >= 15 is 0 Å². The number of ketones is 1. The van der Waals surface area contributed by atoms with Crippen LogP contribution in [0.5, 0.6) is 11.5 Å². The van der Waals surface area contributed by atoms with Crippen molar-refractivity contribution in [2.75, 3.05) is 13.7 Å². The maximum Gasteiger partial charge on any atom is 0.347 e. The topological polar surface area (TPSA) is 95.2 Å². The number of carbonyl (C=O) groups excluding carboxylic acids is 1. The minimum Gasteiger partial charge on any atom is -0.496 e. The number of methoxy groups -OCH3 is 1. The lowest BCUT2D eigenvalue weighted by Gasteiger charge is -2.14. The van der Waals surface area contributed by atoms with E-state index in [1.807, 2.05) is 0 Å². The Morgan fingerprint density at radius 2 is 2.12 bits per heavy atom. The number of hydrogen-bond donors (Lipinski definition) is 1. The number of hydrogen-bond acceptors (Lipinski definition) is 7. The fourth-order valence-corrected chi connectivity index (χ4v) is 4.02. The first-order valence-electron chi connectivity index (χ1n) is 7.80. The standard InChI is InChI=1S/C17H14O7/c1-21-9-4-10-14(13-8(19)5-22-17(13)23-10)15-12(9)6-2-3-7(18)11(6)16(20)24-15/h4,8,13,17,19H,2-3,5H2,1H3. The van der Waals surface area contributed by atoms with Gasteiger partial charge in [0.2, 0.25) is 6.29 Å². The highest BCUT2D eigenvalue weighted by Gasteiger charge is 2.48. The van der Waals surface area contributed by atoms with E-state index in [1.54, 1.807) is 6.07 Å². The highest BCUT2D eigenvalue weighted by Crippen LogP contribution is 2.51. The van der Waals surface area contributed by atoms with Crippen molar-refractivity contribution in [3.05, 3.63) is 33.2 Å². The van der Waals surface area contributed by atoms with Gasteiger partial charge in [-0.1, -0.05) is 0 Å². The summed E-state index contributed by atoms with van der Waals surface area (Å²) in [5.41, 5.74) is 1.05. The highest BCUT2D eigenvalue weighted by atomic mass is 16.7. The maximum absolute atomic E-state index is 12.3. The molecule has 5 rings (SSSR count). The molecule has 1 aliphatic carbocycles. The normalized spacial score (nSPS) is 27.1. The second-order valence-corrected chi connectivity index (χ2v) is 6.27. The molecule has 0 spiro atoms. The largest absolute Gasteiger partial charge is 0.496 e. The van der Waals surface area contributed by atoms with Crippen LogP contribution in [0.25, 0.3) is 11.0 Å². The summed E-state index contributed by atoms with van der Waals surface area (Å²) in [5.74, 6) is 0.321. The lowest BCUT2D eigenvalue weighted by Crippen LogP contribution is -2.20. The van der Waals surface area contributed by atoms with E-state index in [9.17, 15) is 14.7 Å². The molecule has 1 aromatic carbocycles. The molecule has 3 atom stereocenters. The van der Waals surface area contributed by atoms with Crippen LogP contribution < -0.4 is 15.1 Å². The minimum atomic E-state index is -0.743. The van der Waals surface area contributed by atoms with Crippen molar-refractivity contribution in [2.24, 2.45) is 0 Å². The summed E-state index contributed by atoms with van der Waals surface area (Å²) >= 11 is 0. The van der Waals surface area contributed by atoms with E-state index in [0.717, 1.165) is 0 Å². The van der Waals surface area contributed by atoms with Crippen LogP contribution >= 0.6 is 0 Å². The van der Waals surface area contributed by atoms with Crippen molar-refractivity contribution >= 4 is 16.8 Å². The van der Waals surface area contributed by atoms with Gasteiger partial charge in [-0.05, 0) is 12.0 Å². The van der Waals surface area contributed by atoms with Gasteiger partial charge in [0.1, 0.15) is 22.6 Å². The van der Waals surface area contributed by atoms with Gasteiger partial charge < -0.3 is 23.7 Å². The van der Waals surface area contributed by atoms with E-state index in [4.69, 9.17) is 18.6 Å². The second-order valence-electron chi connectivity index (χ2n) is 6.27. The van der Waals surface area contributed by atoms with E-state index in [-0.39, 0.29) is 24.4 Å². The van der Waals surface area contributed by atoms with Crippen LogP contribution in [0.4, 0.5) is 0 Å². The first-order valence-corrected chi connectivity index (χ1v) is 7.80. The number of carbonyl (C=O) groups is 1. The zero-order chi connectivity index (χ0) is 16.6. The summed E-state index contributed by atoms with van der Waals surface area (Å²) in [6.45, 7) is 0.163. The summed E-state index contributed by atoms with van der Waals surface area (Å²) in [5, 5.41) is 10.8. The van der Waals surface area contributed by atoms with Gasteiger partial charge in [-0.25, -0.2) is 4.79 Å². The summed E-state index contributed by atoms with van der Waals surface area (Å²) in [4.78, 5) is 24.4. The van der Waals surface area contributed by atoms with Gasteiger partial charge in [-0.2, -0.15) is 0 Å². The Hall–Kier alpha value is -2.38. The third-order valence-electron chi connectivity index (χ3n) is 5.06. The van der Waals surface area contributed by atoms with Crippen molar-refractivity contribution in [2.45, 2.75) is 31.2 Å². The average molecular weight is 330 g/mol. The van der Waals surface area contributed by atoms with E-state index < -0.39 is 23.9 Å². The molecule has 3 heterocycles. The summed E-state index contributed by atoms with van der Waals surface area (Å²) in [6.07, 6.45) is -0.591. The Morgan fingerprint density at radius 1 is 1.29 bits per heavy atom. The molecular formula is C17H14O7. The smallest absolute Gasteiger partial charge is 0.347 e. The molecule has 7 nitrogen and oxygen atoms in total. The predicted molar refractivity (Wildman–Crippen MR) is 80.8 cm³/mol. The second kappa shape index (κ2) is 4.58. The third kappa shape index (κ3) is 1.58.